The number of aliphatic carboxylic acids is 1. The Bertz CT molecular complexity index is 646. The van der Waals surface area contributed by atoms with Crippen LogP contribution in [0.25, 0.3) is 0 Å². The summed E-state index contributed by atoms with van der Waals surface area (Å²) in [6.07, 6.45) is 2.97. The predicted molar refractivity (Wildman–Crippen MR) is 80.5 cm³/mol. The molecule has 0 spiro atoms. The second-order valence-corrected chi connectivity index (χ2v) is 6.24. The van der Waals surface area contributed by atoms with Gasteiger partial charge in [-0.2, -0.15) is 5.10 Å². The van der Waals surface area contributed by atoms with Crippen molar-refractivity contribution in [2.75, 3.05) is 5.32 Å². The summed E-state index contributed by atoms with van der Waals surface area (Å²) in [7, 11) is 0. The van der Waals surface area contributed by atoms with Gasteiger partial charge in [0.15, 0.2) is 5.54 Å². The minimum atomic E-state index is -1.16. The molecule has 0 aliphatic heterocycles. The highest BCUT2D eigenvalue weighted by atomic mass is 32.1. The number of rotatable bonds is 5. The lowest BCUT2D eigenvalue weighted by Crippen LogP contribution is -2.35. The van der Waals surface area contributed by atoms with Crippen LogP contribution in [0.1, 0.15) is 31.6 Å². The van der Waals surface area contributed by atoms with E-state index in [2.05, 4.69) is 10.4 Å². The molecule has 21 heavy (non-hydrogen) atoms. The Labute approximate surface area is 126 Å². The number of carboxylic acid groups (broad SMARTS) is 1. The van der Waals surface area contributed by atoms with Crippen LogP contribution in [0, 0.1) is 0 Å². The summed E-state index contributed by atoms with van der Waals surface area (Å²) < 4.78 is 1.32. The number of anilines is 1. The summed E-state index contributed by atoms with van der Waals surface area (Å²) in [5.41, 5.74) is -0.680. The van der Waals surface area contributed by atoms with E-state index in [4.69, 9.17) is 5.11 Å². The van der Waals surface area contributed by atoms with Crippen LogP contribution < -0.4 is 5.32 Å². The van der Waals surface area contributed by atoms with Gasteiger partial charge in [-0.15, -0.1) is 11.3 Å². The third-order valence-corrected chi connectivity index (χ3v) is 4.36. The molecule has 2 N–H and O–H groups in total. The first-order chi connectivity index (χ1) is 9.82. The molecule has 6 nitrogen and oxygen atoms in total. The summed E-state index contributed by atoms with van der Waals surface area (Å²) >= 11 is 1.52. The fourth-order valence-corrected chi connectivity index (χ4v) is 2.49. The van der Waals surface area contributed by atoms with E-state index in [1.54, 1.807) is 13.8 Å². The van der Waals surface area contributed by atoms with Crippen LogP contribution in [0.2, 0.25) is 0 Å². The third-order valence-electron chi connectivity index (χ3n) is 3.31. The molecule has 2 heterocycles. The highest BCUT2D eigenvalue weighted by Crippen LogP contribution is 2.23. The van der Waals surface area contributed by atoms with Crippen LogP contribution in [-0.4, -0.2) is 26.8 Å². The standard InChI is InChI=1S/C14H17N3O3S/c1-9(11-5-4-6-21-11)12(18)16-10-7-15-17(8-10)14(2,3)13(19)20/h4-9H,1-3H3,(H,16,18)(H,19,20). The number of amides is 1. The molecule has 2 aromatic heterocycles. The number of hydrogen-bond acceptors (Lipinski definition) is 4. The molecular weight excluding hydrogens is 290 g/mol. The first kappa shape index (κ1) is 15.2. The molecule has 1 unspecified atom stereocenters. The third kappa shape index (κ3) is 3.13. The number of nitrogens with zero attached hydrogens (tertiary/aromatic N) is 2. The molecule has 0 aliphatic rings. The van der Waals surface area contributed by atoms with E-state index in [0.717, 1.165) is 4.88 Å². The Hall–Kier alpha value is -2.15. The molecule has 0 saturated carbocycles. The Morgan fingerprint density at radius 3 is 2.76 bits per heavy atom. The van der Waals surface area contributed by atoms with E-state index in [1.807, 2.05) is 24.4 Å². The molecule has 0 bridgehead atoms. The van der Waals surface area contributed by atoms with E-state index in [0.29, 0.717) is 5.69 Å². The van der Waals surface area contributed by atoms with Crippen molar-refractivity contribution >= 4 is 28.9 Å². The van der Waals surface area contributed by atoms with Gasteiger partial charge in [0.25, 0.3) is 0 Å². The normalized spacial score (nSPS) is 12.9. The van der Waals surface area contributed by atoms with Crippen LogP contribution in [0.4, 0.5) is 5.69 Å². The van der Waals surface area contributed by atoms with Crippen molar-refractivity contribution in [1.82, 2.24) is 9.78 Å². The maximum Gasteiger partial charge on any atom is 0.331 e. The Morgan fingerprint density at radius 1 is 1.48 bits per heavy atom. The Kier molecular flexibility index (Phi) is 4.13. The number of carboxylic acids is 1. The largest absolute Gasteiger partial charge is 0.479 e. The molecule has 2 rings (SSSR count). The van der Waals surface area contributed by atoms with Crippen molar-refractivity contribution in [1.29, 1.82) is 0 Å². The summed E-state index contributed by atoms with van der Waals surface area (Å²) in [5, 5.41) is 17.8. The van der Waals surface area contributed by atoms with Crippen LogP contribution >= 0.6 is 11.3 Å². The van der Waals surface area contributed by atoms with Crippen LogP contribution in [0.15, 0.2) is 29.9 Å². The molecular formula is C14H17N3O3S. The SMILES string of the molecule is CC(C(=O)Nc1cnn(C(C)(C)C(=O)O)c1)c1cccs1. The van der Waals surface area contributed by atoms with Gasteiger partial charge in [0.1, 0.15) is 0 Å². The number of hydrogen-bond donors (Lipinski definition) is 2. The zero-order chi connectivity index (χ0) is 15.6. The van der Waals surface area contributed by atoms with Crippen LogP contribution in [0.3, 0.4) is 0 Å². The average Bonchev–Trinajstić information content (AvgIpc) is 3.08. The van der Waals surface area contributed by atoms with Crippen molar-refractivity contribution < 1.29 is 14.7 Å². The summed E-state index contributed by atoms with van der Waals surface area (Å²) in [6, 6.07) is 3.81. The molecule has 0 aliphatic carbocycles. The summed E-state index contributed by atoms with van der Waals surface area (Å²) in [4.78, 5) is 24.3. The Balaban J connectivity index is 2.09. The van der Waals surface area contributed by atoms with Gasteiger partial charge in [0.05, 0.1) is 17.8 Å². The van der Waals surface area contributed by atoms with E-state index in [-0.39, 0.29) is 11.8 Å². The monoisotopic (exact) mass is 307 g/mol. The molecule has 112 valence electrons. The number of nitrogens with one attached hydrogen (secondary N) is 1. The Morgan fingerprint density at radius 2 is 2.19 bits per heavy atom. The zero-order valence-electron chi connectivity index (χ0n) is 12.0. The van der Waals surface area contributed by atoms with Gasteiger partial charge in [-0.1, -0.05) is 6.07 Å². The molecule has 2 aromatic rings. The molecule has 0 radical (unpaired) electrons. The van der Waals surface area contributed by atoms with Crippen LogP contribution in [-0.2, 0) is 15.1 Å². The second kappa shape index (κ2) is 5.69. The highest BCUT2D eigenvalue weighted by molar-refractivity contribution is 7.10. The van der Waals surface area contributed by atoms with Gasteiger partial charge in [0.2, 0.25) is 5.91 Å². The number of carbonyl (C=O) groups is 2. The highest BCUT2D eigenvalue weighted by Gasteiger charge is 2.30. The maximum atomic E-state index is 12.1. The van der Waals surface area contributed by atoms with E-state index in [1.165, 1.54) is 28.4 Å². The lowest BCUT2D eigenvalue weighted by Gasteiger charge is -2.19. The minimum absolute atomic E-state index is 0.148. The molecule has 0 fully saturated rings. The quantitative estimate of drug-likeness (QED) is 0.889. The number of carbonyl (C=O) groups excluding carboxylic acids is 1. The molecule has 1 atom stereocenters. The van der Waals surface area contributed by atoms with Gasteiger partial charge >= 0.3 is 5.97 Å². The van der Waals surface area contributed by atoms with Gasteiger partial charge in [0, 0.05) is 11.1 Å². The van der Waals surface area contributed by atoms with E-state index in [9.17, 15) is 9.59 Å². The lowest BCUT2D eigenvalue weighted by atomic mass is 10.1. The molecule has 0 saturated heterocycles. The topological polar surface area (TPSA) is 84.2 Å². The van der Waals surface area contributed by atoms with Gasteiger partial charge in [-0.25, -0.2) is 4.79 Å². The van der Waals surface area contributed by atoms with Crippen molar-refractivity contribution in [2.45, 2.75) is 32.2 Å². The van der Waals surface area contributed by atoms with Crippen molar-refractivity contribution in [2.24, 2.45) is 0 Å². The van der Waals surface area contributed by atoms with Crippen molar-refractivity contribution in [3.63, 3.8) is 0 Å². The molecule has 7 heteroatoms. The molecule has 0 aromatic carbocycles. The summed E-state index contributed by atoms with van der Waals surface area (Å²) in [5.74, 6) is -1.40. The molecule has 1 amide bonds. The number of aromatic nitrogens is 2. The van der Waals surface area contributed by atoms with Crippen LogP contribution in [0.5, 0.6) is 0 Å². The van der Waals surface area contributed by atoms with E-state index < -0.39 is 11.5 Å². The smallest absolute Gasteiger partial charge is 0.331 e. The lowest BCUT2D eigenvalue weighted by molar-refractivity contribution is -0.146. The average molecular weight is 307 g/mol. The second-order valence-electron chi connectivity index (χ2n) is 5.26. The van der Waals surface area contributed by atoms with E-state index >= 15 is 0 Å². The van der Waals surface area contributed by atoms with Gasteiger partial charge < -0.3 is 10.4 Å². The predicted octanol–water partition coefficient (Wildman–Crippen LogP) is 2.51. The maximum absolute atomic E-state index is 12.1. The van der Waals surface area contributed by atoms with Crippen molar-refractivity contribution in [3.8, 4) is 0 Å². The first-order valence-electron chi connectivity index (χ1n) is 6.45. The summed E-state index contributed by atoms with van der Waals surface area (Å²) in [6.45, 7) is 4.91. The first-order valence-corrected chi connectivity index (χ1v) is 7.33. The number of thiophene rings is 1. The fourth-order valence-electron chi connectivity index (χ4n) is 1.71. The zero-order valence-corrected chi connectivity index (χ0v) is 12.8. The minimum Gasteiger partial charge on any atom is -0.479 e. The van der Waals surface area contributed by atoms with Crippen molar-refractivity contribution in [3.05, 3.63) is 34.8 Å². The van der Waals surface area contributed by atoms with Gasteiger partial charge in [-0.3, -0.25) is 9.48 Å². The fraction of sp³-hybridized carbons (Fsp3) is 0.357. The van der Waals surface area contributed by atoms with Gasteiger partial charge in [-0.05, 0) is 32.2 Å².